The van der Waals surface area contributed by atoms with Gasteiger partial charge in [-0.3, -0.25) is 4.79 Å². The Balaban J connectivity index is 3.42. The van der Waals surface area contributed by atoms with Gasteiger partial charge in [0.25, 0.3) is 0 Å². The highest BCUT2D eigenvalue weighted by molar-refractivity contribution is 5.81. The number of ether oxygens (including phenoxy) is 1. The third-order valence-electron chi connectivity index (χ3n) is 0.854. The molecular formula is C7H8O3. The van der Waals surface area contributed by atoms with Gasteiger partial charge < -0.3 is 9.53 Å². The molecule has 0 atom stereocenters. The fraction of sp³-hybridized carbons (Fsp3) is 0.429. The molecule has 0 saturated carbocycles. The first kappa shape index (κ1) is 8.70. The van der Waals surface area contributed by atoms with Crippen LogP contribution in [-0.4, -0.2) is 11.8 Å². The van der Waals surface area contributed by atoms with E-state index in [1.54, 1.807) is 6.11 Å². The Labute approximate surface area is 59.4 Å². The summed E-state index contributed by atoms with van der Waals surface area (Å²) in [6, 6.07) is 0. The molecule has 0 aromatic heterocycles. The molecule has 0 unspecified atom stereocenters. The van der Waals surface area contributed by atoms with Gasteiger partial charge in [0.05, 0.1) is 6.42 Å². The van der Waals surface area contributed by atoms with E-state index < -0.39 is 5.97 Å². The van der Waals surface area contributed by atoms with Crippen molar-refractivity contribution in [2.24, 2.45) is 0 Å². The quantitative estimate of drug-likeness (QED) is 0.423. The van der Waals surface area contributed by atoms with Crippen LogP contribution < -0.4 is 0 Å². The molecule has 0 N–H and O–H groups in total. The summed E-state index contributed by atoms with van der Waals surface area (Å²) in [5.74, 6) is -0.577. The molecule has 0 aromatic carbocycles. The largest absolute Gasteiger partial charge is 0.372 e. The van der Waals surface area contributed by atoms with Gasteiger partial charge in [-0.1, -0.05) is 6.42 Å². The molecule has 54 valence electrons. The Morgan fingerprint density at radius 2 is 2.10 bits per heavy atom. The molecule has 0 heterocycles. The maximum absolute atomic E-state index is 10.4. The van der Waals surface area contributed by atoms with Crippen molar-refractivity contribution in [3.05, 3.63) is 0 Å². The molecular weight excluding hydrogens is 132 g/mol. The normalized spacial score (nSPS) is 8.00. The summed E-state index contributed by atoms with van der Waals surface area (Å²) in [4.78, 5) is 20.7. The number of terminal acetylenes is 1. The number of rotatable bonds is 3. The zero-order valence-corrected chi connectivity index (χ0v) is 5.72. The Morgan fingerprint density at radius 1 is 1.50 bits per heavy atom. The average Bonchev–Trinajstić information content (AvgIpc) is 1.85. The van der Waals surface area contributed by atoms with Crippen molar-refractivity contribution in [2.75, 3.05) is 0 Å². The van der Waals surface area contributed by atoms with Gasteiger partial charge in [0.2, 0.25) is 0 Å². The second-order valence-electron chi connectivity index (χ2n) is 1.79. The van der Waals surface area contributed by atoms with E-state index in [2.05, 4.69) is 11.2 Å². The highest BCUT2D eigenvalue weighted by Crippen LogP contribution is 1.92. The molecule has 3 nitrogen and oxygen atoms in total. The molecule has 0 rings (SSSR count). The molecule has 0 aromatic rings. The average molecular weight is 140 g/mol. The van der Waals surface area contributed by atoms with E-state index in [-0.39, 0.29) is 18.6 Å². The van der Waals surface area contributed by atoms with Crippen LogP contribution >= 0.6 is 0 Å². The summed E-state index contributed by atoms with van der Waals surface area (Å²) in [5, 5.41) is 0. The van der Waals surface area contributed by atoms with Crippen molar-refractivity contribution in [3.63, 3.8) is 0 Å². The van der Waals surface area contributed by atoms with Crippen LogP contribution in [0.4, 0.5) is 0 Å². The summed E-state index contributed by atoms with van der Waals surface area (Å²) in [6.07, 6.45) is 6.65. The summed E-state index contributed by atoms with van der Waals surface area (Å²) in [6.45, 7) is 1.41. The SMILES string of the molecule is C#COC(=O)CCC(C)=O. The molecule has 0 aliphatic carbocycles. The number of carbonyl (C=O) groups excluding carboxylic acids is 2. The molecule has 3 heteroatoms. The molecule has 0 aliphatic heterocycles. The van der Waals surface area contributed by atoms with E-state index in [4.69, 9.17) is 0 Å². The summed E-state index contributed by atoms with van der Waals surface area (Å²) < 4.78 is 4.13. The third-order valence-corrected chi connectivity index (χ3v) is 0.854. The first-order chi connectivity index (χ1) is 4.66. The van der Waals surface area contributed by atoms with Crippen LogP contribution in [0, 0.1) is 12.5 Å². The Bertz CT molecular complexity index is 176. The van der Waals surface area contributed by atoms with E-state index in [1.165, 1.54) is 6.92 Å². The van der Waals surface area contributed by atoms with E-state index in [9.17, 15) is 9.59 Å². The van der Waals surface area contributed by atoms with Crippen LogP contribution in [0.3, 0.4) is 0 Å². The number of hydrogen-bond acceptors (Lipinski definition) is 3. The Hall–Kier alpha value is -1.30. The van der Waals surface area contributed by atoms with Gasteiger partial charge in [-0.05, 0) is 6.92 Å². The summed E-state index contributed by atoms with van der Waals surface area (Å²) in [5.41, 5.74) is 0. The van der Waals surface area contributed by atoms with Gasteiger partial charge in [0, 0.05) is 6.42 Å². The van der Waals surface area contributed by atoms with Crippen LogP contribution in [0.1, 0.15) is 19.8 Å². The lowest BCUT2D eigenvalue weighted by molar-refractivity contribution is -0.138. The smallest absolute Gasteiger partial charge is 0.320 e. The lowest BCUT2D eigenvalue weighted by Crippen LogP contribution is -2.02. The second-order valence-corrected chi connectivity index (χ2v) is 1.79. The van der Waals surface area contributed by atoms with E-state index in [0.29, 0.717) is 0 Å². The van der Waals surface area contributed by atoms with Gasteiger partial charge in [-0.15, -0.1) is 0 Å². The molecule has 0 aliphatic rings. The van der Waals surface area contributed by atoms with Crippen LogP contribution in [0.15, 0.2) is 0 Å². The van der Waals surface area contributed by atoms with Crippen LogP contribution in [0.5, 0.6) is 0 Å². The number of carbonyl (C=O) groups is 2. The summed E-state index contributed by atoms with van der Waals surface area (Å²) >= 11 is 0. The van der Waals surface area contributed by atoms with Crippen molar-refractivity contribution in [3.8, 4) is 12.5 Å². The first-order valence-corrected chi connectivity index (χ1v) is 2.81. The molecule has 0 bridgehead atoms. The predicted molar refractivity (Wildman–Crippen MR) is 34.8 cm³/mol. The zero-order valence-electron chi connectivity index (χ0n) is 5.72. The van der Waals surface area contributed by atoms with Crippen molar-refractivity contribution in [1.82, 2.24) is 0 Å². The van der Waals surface area contributed by atoms with Crippen LogP contribution in [-0.2, 0) is 14.3 Å². The Morgan fingerprint density at radius 3 is 2.50 bits per heavy atom. The van der Waals surface area contributed by atoms with Gasteiger partial charge >= 0.3 is 5.97 Å². The minimum absolute atomic E-state index is 0.0472. The molecule has 0 fully saturated rings. The van der Waals surface area contributed by atoms with Gasteiger partial charge in [-0.25, -0.2) is 0 Å². The topological polar surface area (TPSA) is 43.4 Å². The molecule has 0 saturated heterocycles. The minimum Gasteiger partial charge on any atom is -0.372 e. The standard InChI is InChI=1S/C7H8O3/c1-3-10-7(9)5-4-6(2)8/h1H,4-5H2,2H3. The Kier molecular flexibility index (Phi) is 3.97. The van der Waals surface area contributed by atoms with Crippen molar-refractivity contribution < 1.29 is 14.3 Å². The van der Waals surface area contributed by atoms with E-state index in [1.807, 2.05) is 0 Å². The molecule has 0 amide bonds. The lowest BCUT2D eigenvalue weighted by atomic mass is 10.2. The van der Waals surface area contributed by atoms with Gasteiger partial charge in [-0.2, -0.15) is 0 Å². The number of esters is 1. The zero-order chi connectivity index (χ0) is 7.98. The fourth-order valence-electron chi connectivity index (χ4n) is 0.395. The predicted octanol–water partition coefficient (Wildman–Crippen LogP) is 0.489. The maximum Gasteiger partial charge on any atom is 0.320 e. The lowest BCUT2D eigenvalue weighted by Gasteiger charge is -1.91. The highest BCUT2D eigenvalue weighted by Gasteiger charge is 2.02. The second kappa shape index (κ2) is 4.57. The van der Waals surface area contributed by atoms with Crippen molar-refractivity contribution in [1.29, 1.82) is 0 Å². The van der Waals surface area contributed by atoms with E-state index in [0.717, 1.165) is 0 Å². The monoisotopic (exact) mass is 140 g/mol. The van der Waals surface area contributed by atoms with E-state index >= 15 is 0 Å². The number of hydrogen-bond donors (Lipinski definition) is 0. The van der Waals surface area contributed by atoms with Gasteiger partial charge in [0.15, 0.2) is 0 Å². The molecule has 10 heavy (non-hydrogen) atoms. The fourth-order valence-corrected chi connectivity index (χ4v) is 0.395. The first-order valence-electron chi connectivity index (χ1n) is 2.81. The molecule has 0 radical (unpaired) electrons. The van der Waals surface area contributed by atoms with Crippen molar-refractivity contribution >= 4 is 11.8 Å². The maximum atomic E-state index is 10.4. The van der Waals surface area contributed by atoms with Crippen molar-refractivity contribution in [2.45, 2.75) is 19.8 Å². The highest BCUT2D eigenvalue weighted by atomic mass is 16.5. The third kappa shape index (κ3) is 4.85. The number of ketones is 1. The van der Waals surface area contributed by atoms with Crippen LogP contribution in [0.25, 0.3) is 0 Å². The summed E-state index contributed by atoms with van der Waals surface area (Å²) in [7, 11) is 0. The number of Topliss-reactive ketones (excluding diaryl/α,β-unsaturated/α-hetero) is 1. The molecule has 0 spiro atoms. The van der Waals surface area contributed by atoms with Crippen LogP contribution in [0.2, 0.25) is 0 Å². The van der Waals surface area contributed by atoms with Gasteiger partial charge in [0.1, 0.15) is 11.9 Å². The minimum atomic E-state index is -0.530.